The standard InChI is InChI=1S/C18H14Cl2N4O3/c19-14-2-1-3-15(17(14)20)23-16(25)9-27-18(26)13-6-4-12(5-7-13)8-24-11-21-10-22-24/h1-7,10-11H,8-9H2,(H,23,25). The molecule has 3 rings (SSSR count). The van der Waals surface area contributed by atoms with E-state index in [1.165, 1.54) is 6.33 Å². The number of aromatic nitrogens is 3. The normalized spacial score (nSPS) is 10.4. The highest BCUT2D eigenvalue weighted by molar-refractivity contribution is 6.44. The molecule has 7 nitrogen and oxygen atoms in total. The van der Waals surface area contributed by atoms with Crippen LogP contribution in [-0.2, 0) is 16.1 Å². The molecule has 0 aliphatic rings. The van der Waals surface area contributed by atoms with E-state index in [2.05, 4.69) is 15.4 Å². The molecule has 0 fully saturated rings. The highest BCUT2D eigenvalue weighted by Crippen LogP contribution is 2.29. The van der Waals surface area contributed by atoms with Crippen LogP contribution >= 0.6 is 23.2 Å². The summed E-state index contributed by atoms with van der Waals surface area (Å²) in [5.74, 6) is -1.12. The fourth-order valence-corrected chi connectivity index (χ4v) is 2.60. The predicted octanol–water partition coefficient (Wildman–Crippen LogP) is 3.43. The topological polar surface area (TPSA) is 86.1 Å². The summed E-state index contributed by atoms with van der Waals surface area (Å²) in [5, 5.41) is 7.10. The van der Waals surface area contributed by atoms with Crippen molar-refractivity contribution in [2.24, 2.45) is 0 Å². The molecule has 0 unspecified atom stereocenters. The van der Waals surface area contributed by atoms with E-state index < -0.39 is 18.5 Å². The van der Waals surface area contributed by atoms with Crippen LogP contribution in [0.25, 0.3) is 0 Å². The smallest absolute Gasteiger partial charge is 0.338 e. The van der Waals surface area contributed by atoms with E-state index in [0.717, 1.165) is 5.56 Å². The molecule has 0 saturated carbocycles. The van der Waals surface area contributed by atoms with Gasteiger partial charge in [-0.1, -0.05) is 41.4 Å². The third kappa shape index (κ3) is 5.06. The van der Waals surface area contributed by atoms with Crippen LogP contribution < -0.4 is 5.32 Å². The minimum absolute atomic E-state index is 0.224. The Balaban J connectivity index is 1.52. The SMILES string of the molecule is O=C(COC(=O)c1ccc(Cn2cncn2)cc1)Nc1cccc(Cl)c1Cl. The molecule has 0 spiro atoms. The van der Waals surface area contributed by atoms with Crippen molar-refractivity contribution in [2.75, 3.05) is 11.9 Å². The number of nitrogens with zero attached hydrogens (tertiary/aromatic N) is 3. The molecule has 1 amide bonds. The van der Waals surface area contributed by atoms with Crippen molar-refractivity contribution < 1.29 is 14.3 Å². The van der Waals surface area contributed by atoms with Crippen molar-refractivity contribution in [3.8, 4) is 0 Å². The van der Waals surface area contributed by atoms with E-state index >= 15 is 0 Å². The van der Waals surface area contributed by atoms with Gasteiger partial charge in [-0.15, -0.1) is 0 Å². The zero-order valence-corrected chi connectivity index (χ0v) is 15.4. The summed E-state index contributed by atoms with van der Waals surface area (Å²) in [6, 6.07) is 11.7. The molecular formula is C18H14Cl2N4O3. The zero-order valence-electron chi connectivity index (χ0n) is 13.9. The first-order chi connectivity index (χ1) is 13.0. The van der Waals surface area contributed by atoms with Gasteiger partial charge in [0.1, 0.15) is 12.7 Å². The minimum Gasteiger partial charge on any atom is -0.452 e. The van der Waals surface area contributed by atoms with Crippen molar-refractivity contribution in [1.29, 1.82) is 0 Å². The van der Waals surface area contributed by atoms with Gasteiger partial charge in [0.25, 0.3) is 5.91 Å². The van der Waals surface area contributed by atoms with Gasteiger partial charge in [-0.2, -0.15) is 5.10 Å². The fourth-order valence-electron chi connectivity index (χ4n) is 2.25. The van der Waals surface area contributed by atoms with Gasteiger partial charge in [0, 0.05) is 0 Å². The first-order valence-corrected chi connectivity index (χ1v) is 8.61. The summed E-state index contributed by atoms with van der Waals surface area (Å²) in [7, 11) is 0. The van der Waals surface area contributed by atoms with Crippen molar-refractivity contribution >= 4 is 40.8 Å². The summed E-state index contributed by atoms with van der Waals surface area (Å²) in [6.07, 6.45) is 3.06. The second kappa shape index (κ2) is 8.66. The number of esters is 1. The van der Waals surface area contributed by atoms with Crippen LogP contribution in [0, 0.1) is 0 Å². The van der Waals surface area contributed by atoms with E-state index in [-0.39, 0.29) is 5.02 Å². The van der Waals surface area contributed by atoms with Crippen LogP contribution in [0.5, 0.6) is 0 Å². The number of carbonyl (C=O) groups excluding carboxylic acids is 2. The van der Waals surface area contributed by atoms with Crippen LogP contribution in [-0.4, -0.2) is 33.2 Å². The number of hydrogen-bond donors (Lipinski definition) is 1. The summed E-state index contributed by atoms with van der Waals surface area (Å²) in [4.78, 5) is 27.9. The van der Waals surface area contributed by atoms with Crippen molar-refractivity contribution in [3.05, 3.63) is 76.3 Å². The Morgan fingerprint density at radius 1 is 1.11 bits per heavy atom. The molecule has 9 heteroatoms. The summed E-state index contributed by atoms with van der Waals surface area (Å²) in [6.45, 7) is 0.0977. The number of carbonyl (C=O) groups is 2. The zero-order chi connectivity index (χ0) is 19.2. The molecule has 1 N–H and O–H groups in total. The molecule has 0 radical (unpaired) electrons. The molecule has 138 valence electrons. The molecule has 27 heavy (non-hydrogen) atoms. The first-order valence-electron chi connectivity index (χ1n) is 7.85. The average Bonchev–Trinajstić information content (AvgIpc) is 3.17. The number of nitrogens with one attached hydrogen (secondary N) is 1. The second-order valence-electron chi connectivity index (χ2n) is 5.52. The van der Waals surface area contributed by atoms with Gasteiger partial charge in [-0.05, 0) is 29.8 Å². The Morgan fingerprint density at radius 3 is 2.59 bits per heavy atom. The average molecular weight is 405 g/mol. The molecule has 1 heterocycles. The summed E-state index contributed by atoms with van der Waals surface area (Å²) < 4.78 is 6.69. The number of anilines is 1. The number of halogens is 2. The lowest BCUT2D eigenvalue weighted by Crippen LogP contribution is -2.21. The van der Waals surface area contributed by atoms with Gasteiger partial charge in [0.15, 0.2) is 6.61 Å². The molecule has 0 saturated heterocycles. The maximum atomic E-state index is 12.1. The predicted molar refractivity (Wildman–Crippen MR) is 101 cm³/mol. The monoisotopic (exact) mass is 404 g/mol. The van der Waals surface area contributed by atoms with Crippen molar-refractivity contribution in [2.45, 2.75) is 6.54 Å². The highest BCUT2D eigenvalue weighted by atomic mass is 35.5. The molecule has 0 bridgehead atoms. The van der Waals surface area contributed by atoms with E-state index in [0.29, 0.717) is 22.8 Å². The van der Waals surface area contributed by atoms with Gasteiger partial charge < -0.3 is 10.1 Å². The van der Waals surface area contributed by atoms with Crippen molar-refractivity contribution in [1.82, 2.24) is 14.8 Å². The Bertz CT molecular complexity index is 944. The van der Waals surface area contributed by atoms with Gasteiger partial charge in [-0.25, -0.2) is 14.5 Å². The molecular weight excluding hydrogens is 391 g/mol. The Hall–Kier alpha value is -2.90. The van der Waals surface area contributed by atoms with E-state index in [4.69, 9.17) is 27.9 Å². The quantitative estimate of drug-likeness (QED) is 0.635. The Labute approximate surface area is 164 Å². The second-order valence-corrected chi connectivity index (χ2v) is 6.30. The van der Waals surface area contributed by atoms with Gasteiger partial charge in [0.2, 0.25) is 0 Å². The molecule has 0 atom stereocenters. The van der Waals surface area contributed by atoms with Gasteiger partial charge in [-0.3, -0.25) is 4.79 Å². The molecule has 2 aromatic carbocycles. The number of ether oxygens (including phenoxy) is 1. The number of rotatable bonds is 6. The number of amides is 1. The van der Waals surface area contributed by atoms with Gasteiger partial charge >= 0.3 is 5.97 Å². The number of hydrogen-bond acceptors (Lipinski definition) is 5. The third-order valence-corrected chi connectivity index (χ3v) is 4.38. The molecule has 0 aliphatic heterocycles. The Morgan fingerprint density at radius 2 is 1.89 bits per heavy atom. The van der Waals surface area contributed by atoms with E-state index in [9.17, 15) is 9.59 Å². The van der Waals surface area contributed by atoms with Crippen molar-refractivity contribution in [3.63, 3.8) is 0 Å². The van der Waals surface area contributed by atoms with Crippen LogP contribution in [0.15, 0.2) is 55.1 Å². The van der Waals surface area contributed by atoms with E-state index in [1.807, 2.05) is 0 Å². The minimum atomic E-state index is -0.602. The molecule has 1 aromatic heterocycles. The number of benzene rings is 2. The van der Waals surface area contributed by atoms with Gasteiger partial charge in [0.05, 0.1) is 27.8 Å². The first kappa shape index (κ1) is 18.9. The van der Waals surface area contributed by atoms with Crippen LogP contribution in [0.1, 0.15) is 15.9 Å². The summed E-state index contributed by atoms with van der Waals surface area (Å²) >= 11 is 11.9. The van der Waals surface area contributed by atoms with Crippen LogP contribution in [0.3, 0.4) is 0 Å². The van der Waals surface area contributed by atoms with Crippen LogP contribution in [0.2, 0.25) is 10.0 Å². The largest absolute Gasteiger partial charge is 0.452 e. The molecule has 3 aromatic rings. The van der Waals surface area contributed by atoms with Crippen LogP contribution in [0.4, 0.5) is 5.69 Å². The van der Waals surface area contributed by atoms with E-state index in [1.54, 1.807) is 53.5 Å². The lowest BCUT2D eigenvalue weighted by molar-refractivity contribution is -0.119. The fraction of sp³-hybridized carbons (Fsp3) is 0.111. The Kier molecular flexibility index (Phi) is 6.05. The highest BCUT2D eigenvalue weighted by Gasteiger charge is 2.12. The lowest BCUT2D eigenvalue weighted by Gasteiger charge is -2.09. The summed E-state index contributed by atoms with van der Waals surface area (Å²) in [5.41, 5.74) is 1.64. The maximum Gasteiger partial charge on any atom is 0.338 e. The maximum absolute atomic E-state index is 12.1. The third-order valence-electron chi connectivity index (χ3n) is 3.56. The lowest BCUT2D eigenvalue weighted by atomic mass is 10.1. The molecule has 0 aliphatic carbocycles.